The molecule has 1 aliphatic rings. The zero-order valence-electron chi connectivity index (χ0n) is 15.3. The van der Waals surface area contributed by atoms with Crippen molar-refractivity contribution >= 4 is 28.5 Å². The van der Waals surface area contributed by atoms with Gasteiger partial charge < -0.3 is 24.9 Å². The maximum Gasteiger partial charge on any atom is 0.286 e. The molecule has 0 spiro atoms. The topological polar surface area (TPSA) is 104 Å². The first-order valence-corrected chi connectivity index (χ1v) is 8.54. The van der Waals surface area contributed by atoms with E-state index in [2.05, 4.69) is 24.4 Å². The van der Waals surface area contributed by atoms with Gasteiger partial charge in [-0.05, 0) is 18.6 Å². The van der Waals surface area contributed by atoms with Gasteiger partial charge in [-0.15, -0.1) is 0 Å². The molecule has 0 saturated heterocycles. The Kier molecular flexibility index (Phi) is 5.32. The fourth-order valence-electron chi connectivity index (χ4n) is 2.93. The molecule has 27 heavy (non-hydrogen) atoms. The summed E-state index contributed by atoms with van der Waals surface area (Å²) < 4.78 is 16.2. The number of carbonyl (C=O) groups excluding carboxylic acids is 2. The smallest absolute Gasteiger partial charge is 0.286 e. The molecule has 2 amide bonds. The number of ether oxygens (including phenoxy) is 2. The molecule has 142 valence electrons. The Bertz CT molecular complexity index is 928. The molecule has 1 unspecified atom stereocenters. The molecule has 0 radical (unpaired) electrons. The van der Waals surface area contributed by atoms with Crippen LogP contribution in [-0.2, 0) is 9.53 Å². The maximum atomic E-state index is 12.3. The highest BCUT2D eigenvalue weighted by Gasteiger charge is 2.23. The first-order valence-electron chi connectivity index (χ1n) is 8.54. The average Bonchev–Trinajstić information content (AvgIpc) is 3.00. The van der Waals surface area contributed by atoms with Crippen molar-refractivity contribution in [3.63, 3.8) is 0 Å². The Morgan fingerprint density at radius 1 is 1.33 bits per heavy atom. The molecule has 2 aromatic rings. The van der Waals surface area contributed by atoms with E-state index in [9.17, 15) is 9.59 Å². The lowest BCUT2D eigenvalue weighted by Crippen LogP contribution is -2.26. The second-order valence-corrected chi connectivity index (χ2v) is 6.72. The van der Waals surface area contributed by atoms with Crippen LogP contribution in [0.15, 0.2) is 46.9 Å². The number of nitrogens with two attached hydrogens (primary N) is 1. The van der Waals surface area contributed by atoms with Crippen molar-refractivity contribution in [2.24, 2.45) is 11.1 Å². The monoisotopic (exact) mass is 370 g/mol. The van der Waals surface area contributed by atoms with E-state index in [0.717, 1.165) is 6.42 Å². The number of amides is 2. The van der Waals surface area contributed by atoms with E-state index in [1.54, 1.807) is 18.2 Å². The molecular formula is C20H22N2O5. The first kappa shape index (κ1) is 18.7. The number of anilines is 1. The second kappa shape index (κ2) is 7.67. The Balaban J connectivity index is 1.70. The minimum absolute atomic E-state index is 0.112. The summed E-state index contributed by atoms with van der Waals surface area (Å²) in [6.45, 7) is 2.33. The molecule has 0 saturated carbocycles. The predicted molar refractivity (Wildman–Crippen MR) is 102 cm³/mol. The number of fused-ring (bicyclic) bond motifs is 1. The van der Waals surface area contributed by atoms with Gasteiger partial charge >= 0.3 is 0 Å². The average molecular weight is 370 g/mol. The zero-order chi connectivity index (χ0) is 19.4. The standard InChI is InChI=1S/C20H22N2O5/c1-20(8-4-3-5-9-20)12-26-11-16(23)22-17-14-7-6-13(25-2)10-15(14)27-18(17)19(21)24/h3-8,10H,9,11-12H2,1-2H3,(H2,21,24)(H,22,23). The first-order chi connectivity index (χ1) is 12.9. The molecule has 1 aromatic carbocycles. The number of carbonyl (C=O) groups is 2. The molecule has 0 aliphatic heterocycles. The molecule has 0 bridgehead atoms. The maximum absolute atomic E-state index is 12.3. The van der Waals surface area contributed by atoms with Crippen molar-refractivity contribution in [1.29, 1.82) is 0 Å². The third-order valence-corrected chi connectivity index (χ3v) is 4.38. The van der Waals surface area contributed by atoms with E-state index in [4.69, 9.17) is 19.6 Å². The van der Waals surface area contributed by atoms with Gasteiger partial charge in [-0.1, -0.05) is 31.2 Å². The zero-order valence-corrected chi connectivity index (χ0v) is 15.3. The second-order valence-electron chi connectivity index (χ2n) is 6.72. The highest BCUT2D eigenvalue weighted by Crippen LogP contribution is 2.33. The lowest BCUT2D eigenvalue weighted by molar-refractivity contribution is -0.121. The van der Waals surface area contributed by atoms with Gasteiger partial charge in [0.15, 0.2) is 0 Å². The van der Waals surface area contributed by atoms with Crippen LogP contribution in [-0.4, -0.2) is 32.1 Å². The van der Waals surface area contributed by atoms with Crippen molar-refractivity contribution in [1.82, 2.24) is 0 Å². The quantitative estimate of drug-likeness (QED) is 0.780. The van der Waals surface area contributed by atoms with E-state index in [0.29, 0.717) is 23.3 Å². The number of nitrogens with one attached hydrogen (secondary N) is 1. The van der Waals surface area contributed by atoms with E-state index in [1.807, 2.05) is 12.2 Å². The van der Waals surface area contributed by atoms with Crippen LogP contribution in [0.5, 0.6) is 5.75 Å². The summed E-state index contributed by atoms with van der Waals surface area (Å²) in [6.07, 6.45) is 8.93. The number of hydrogen-bond donors (Lipinski definition) is 2. The van der Waals surface area contributed by atoms with Gasteiger partial charge in [0.25, 0.3) is 5.91 Å². The van der Waals surface area contributed by atoms with Gasteiger partial charge in [-0.3, -0.25) is 9.59 Å². The third-order valence-electron chi connectivity index (χ3n) is 4.38. The summed E-state index contributed by atoms with van der Waals surface area (Å²) in [5, 5.41) is 3.23. The molecule has 1 aliphatic carbocycles. The Labute approximate surface area is 156 Å². The molecule has 3 N–H and O–H groups in total. The Morgan fingerprint density at radius 2 is 2.15 bits per heavy atom. The Morgan fingerprint density at radius 3 is 2.81 bits per heavy atom. The van der Waals surface area contributed by atoms with Crippen molar-refractivity contribution in [2.45, 2.75) is 13.3 Å². The number of hydrogen-bond acceptors (Lipinski definition) is 5. The predicted octanol–water partition coefficient (Wildman–Crippen LogP) is 3.02. The van der Waals surface area contributed by atoms with Gasteiger partial charge in [-0.2, -0.15) is 0 Å². The molecular weight excluding hydrogens is 348 g/mol. The van der Waals surface area contributed by atoms with E-state index in [-0.39, 0.29) is 23.5 Å². The van der Waals surface area contributed by atoms with Crippen LogP contribution in [0.25, 0.3) is 11.0 Å². The fraction of sp³-hybridized carbons (Fsp3) is 0.300. The normalized spacial score (nSPS) is 18.6. The van der Waals surface area contributed by atoms with E-state index in [1.165, 1.54) is 7.11 Å². The highest BCUT2D eigenvalue weighted by molar-refractivity contribution is 6.10. The van der Waals surface area contributed by atoms with Gasteiger partial charge in [0.1, 0.15) is 23.6 Å². The number of methoxy groups -OCH3 is 1. The van der Waals surface area contributed by atoms with E-state index < -0.39 is 11.8 Å². The van der Waals surface area contributed by atoms with Crippen molar-refractivity contribution in [2.75, 3.05) is 25.6 Å². The SMILES string of the molecule is COc1ccc2c(NC(=O)COCC3(C)C=CC=CC3)c(C(N)=O)oc2c1. The minimum atomic E-state index is -0.770. The summed E-state index contributed by atoms with van der Waals surface area (Å²) in [4.78, 5) is 24.0. The molecule has 0 fully saturated rings. The molecule has 7 heteroatoms. The highest BCUT2D eigenvalue weighted by atomic mass is 16.5. The van der Waals surface area contributed by atoms with Crippen LogP contribution in [0.2, 0.25) is 0 Å². The summed E-state index contributed by atoms with van der Waals surface area (Å²) in [5.41, 5.74) is 5.88. The number of rotatable bonds is 7. The lowest BCUT2D eigenvalue weighted by Gasteiger charge is -2.25. The summed E-state index contributed by atoms with van der Waals surface area (Å²) in [7, 11) is 1.52. The van der Waals surface area contributed by atoms with Crippen molar-refractivity contribution in [3.05, 3.63) is 48.3 Å². The molecule has 1 aromatic heterocycles. The Hall–Kier alpha value is -3.06. The number of furan rings is 1. The summed E-state index contributed by atoms with van der Waals surface area (Å²) in [5.74, 6) is -0.710. The van der Waals surface area contributed by atoms with Crippen molar-refractivity contribution in [3.8, 4) is 5.75 Å². The van der Waals surface area contributed by atoms with Crippen LogP contribution < -0.4 is 15.8 Å². The largest absolute Gasteiger partial charge is 0.497 e. The number of benzene rings is 1. The number of allylic oxidation sites excluding steroid dienone is 3. The van der Waals surface area contributed by atoms with Crippen LogP contribution in [0.3, 0.4) is 0 Å². The fourth-order valence-corrected chi connectivity index (χ4v) is 2.93. The summed E-state index contributed by atoms with van der Waals surface area (Å²) >= 11 is 0. The third kappa shape index (κ3) is 4.20. The number of primary amides is 1. The van der Waals surface area contributed by atoms with Gasteiger partial charge in [-0.25, -0.2) is 0 Å². The summed E-state index contributed by atoms with van der Waals surface area (Å²) in [6, 6.07) is 5.02. The molecule has 1 atom stereocenters. The van der Waals surface area contributed by atoms with Gasteiger partial charge in [0, 0.05) is 16.9 Å². The van der Waals surface area contributed by atoms with Crippen molar-refractivity contribution < 1.29 is 23.5 Å². The van der Waals surface area contributed by atoms with Gasteiger partial charge in [0.2, 0.25) is 11.7 Å². The molecule has 7 nitrogen and oxygen atoms in total. The van der Waals surface area contributed by atoms with E-state index >= 15 is 0 Å². The van der Waals surface area contributed by atoms with Crippen LogP contribution in [0.4, 0.5) is 5.69 Å². The molecule has 3 rings (SSSR count). The lowest BCUT2D eigenvalue weighted by atomic mass is 9.85. The molecule has 1 heterocycles. The minimum Gasteiger partial charge on any atom is -0.497 e. The van der Waals surface area contributed by atoms with Gasteiger partial charge in [0.05, 0.1) is 13.7 Å². The van der Waals surface area contributed by atoms with Crippen LogP contribution in [0, 0.1) is 5.41 Å². The van der Waals surface area contributed by atoms with Crippen LogP contribution >= 0.6 is 0 Å². The van der Waals surface area contributed by atoms with Crippen LogP contribution in [0.1, 0.15) is 23.9 Å².